The van der Waals surface area contributed by atoms with Crippen LogP contribution in [0.25, 0.3) is 67.3 Å². The lowest BCUT2D eigenvalue weighted by Crippen LogP contribution is -2.45. The quantitative estimate of drug-likeness (QED) is 0.172. The number of aromatic nitrogens is 2. The standard InChI is InChI=1S/C66H42N2S/c1-3-20-43(21-4-1)45-24-17-26-47(40-45)59-42-60(68-64(67-59)44-22-5-2-6-23-44)48-27-18-25-46(41-48)49-29-19-37-58-63(49)50-28-7-8-30-51(50)65(58)52-31-9-11-33-54(52)66(55-34-12-10-32-53(55)65)56-35-13-15-38-61(56)69-62-39-16-14-36-57(62)66/h1-42H. The monoisotopic (exact) mass is 894 g/mol. The number of hydrogen-bond acceptors (Lipinski definition) is 3. The molecule has 3 aliphatic rings. The molecule has 10 aromatic carbocycles. The van der Waals surface area contributed by atoms with E-state index >= 15 is 0 Å². The Bertz CT molecular complexity index is 3740. The Balaban J connectivity index is 0.978. The number of nitrogens with zero attached hydrogens (tertiary/aromatic N) is 2. The maximum Gasteiger partial charge on any atom is 0.160 e. The van der Waals surface area contributed by atoms with Crippen molar-refractivity contribution in [3.8, 4) is 67.3 Å². The van der Waals surface area contributed by atoms with Crippen LogP contribution in [0.2, 0.25) is 0 Å². The van der Waals surface area contributed by atoms with Gasteiger partial charge in [-0.05, 0) is 108 Å². The summed E-state index contributed by atoms with van der Waals surface area (Å²) in [5.41, 5.74) is 21.6. The summed E-state index contributed by atoms with van der Waals surface area (Å²) in [7, 11) is 0. The van der Waals surface area contributed by atoms with Crippen LogP contribution in [0.5, 0.6) is 0 Å². The predicted octanol–water partition coefficient (Wildman–Crippen LogP) is 16.3. The number of benzene rings is 10. The van der Waals surface area contributed by atoms with E-state index in [9.17, 15) is 0 Å². The van der Waals surface area contributed by atoms with Gasteiger partial charge in [-0.15, -0.1) is 0 Å². The van der Waals surface area contributed by atoms with Crippen LogP contribution in [-0.4, -0.2) is 9.97 Å². The van der Waals surface area contributed by atoms with Crippen LogP contribution in [0, 0.1) is 0 Å². The van der Waals surface area contributed by atoms with Gasteiger partial charge in [-0.3, -0.25) is 0 Å². The Kier molecular flexibility index (Phi) is 8.99. The highest BCUT2D eigenvalue weighted by Crippen LogP contribution is 2.67. The van der Waals surface area contributed by atoms with E-state index in [1.165, 1.54) is 76.6 Å². The molecule has 0 atom stereocenters. The second-order valence-corrected chi connectivity index (χ2v) is 19.4. The molecule has 2 aliphatic carbocycles. The van der Waals surface area contributed by atoms with Crippen molar-refractivity contribution in [2.24, 2.45) is 0 Å². The van der Waals surface area contributed by atoms with Crippen molar-refractivity contribution in [3.63, 3.8) is 0 Å². The Morgan fingerprint density at radius 3 is 1.25 bits per heavy atom. The minimum absolute atomic E-state index is 0.516. The third-order valence-electron chi connectivity index (χ3n) is 14.8. The van der Waals surface area contributed by atoms with Crippen LogP contribution in [0.15, 0.2) is 265 Å². The predicted molar refractivity (Wildman–Crippen MR) is 283 cm³/mol. The first-order valence-corrected chi connectivity index (χ1v) is 24.5. The number of rotatable bonds is 5. The van der Waals surface area contributed by atoms with Crippen LogP contribution in [0.4, 0.5) is 0 Å². The zero-order valence-corrected chi connectivity index (χ0v) is 38.4. The van der Waals surface area contributed by atoms with Gasteiger partial charge < -0.3 is 0 Å². The summed E-state index contributed by atoms with van der Waals surface area (Å²) < 4.78 is 0. The van der Waals surface area contributed by atoms with Gasteiger partial charge in [0, 0.05) is 26.5 Å². The molecule has 2 heterocycles. The van der Waals surface area contributed by atoms with Gasteiger partial charge >= 0.3 is 0 Å². The Morgan fingerprint density at radius 1 is 0.261 bits per heavy atom. The SMILES string of the molecule is c1ccc(-c2cccc(-c3cc(-c4cccc(-c5cccc6c5-c5ccccc5C65c6ccccc6C6(c7ccccc7Sc7ccccc76)c6ccccc65)c4)nc(-c4ccccc4)n3)c2)cc1. The van der Waals surface area contributed by atoms with E-state index in [-0.39, 0.29) is 0 Å². The fourth-order valence-corrected chi connectivity index (χ4v) is 13.3. The molecular formula is C66H42N2S. The molecule has 14 rings (SSSR count). The van der Waals surface area contributed by atoms with Crippen molar-refractivity contribution in [2.45, 2.75) is 20.6 Å². The molecule has 0 radical (unpaired) electrons. The number of fused-ring (bicyclic) bond motifs is 15. The molecule has 2 spiro atoms. The summed E-state index contributed by atoms with van der Waals surface area (Å²) in [6, 6.07) is 93.7. The summed E-state index contributed by atoms with van der Waals surface area (Å²) in [4.78, 5) is 13.1. The minimum atomic E-state index is -0.576. The molecule has 11 aromatic rings. The molecule has 0 amide bonds. The first kappa shape index (κ1) is 39.8. The van der Waals surface area contributed by atoms with Gasteiger partial charge in [0.2, 0.25) is 0 Å². The molecule has 0 saturated heterocycles. The van der Waals surface area contributed by atoms with E-state index in [2.05, 4.69) is 249 Å². The summed E-state index contributed by atoms with van der Waals surface area (Å²) in [5, 5.41) is 0. The fraction of sp³-hybridized carbons (Fsp3) is 0.0303. The van der Waals surface area contributed by atoms with Crippen LogP contribution >= 0.6 is 11.8 Å². The maximum atomic E-state index is 5.30. The third kappa shape index (κ3) is 5.81. The lowest BCUT2D eigenvalue weighted by molar-refractivity contribution is 0.605. The van der Waals surface area contributed by atoms with Gasteiger partial charge in [0.05, 0.1) is 22.2 Å². The van der Waals surface area contributed by atoms with Crippen molar-refractivity contribution in [1.82, 2.24) is 9.97 Å². The van der Waals surface area contributed by atoms with E-state index in [0.717, 1.165) is 39.2 Å². The number of hydrogen-bond donors (Lipinski definition) is 0. The molecule has 322 valence electrons. The first-order valence-electron chi connectivity index (χ1n) is 23.7. The van der Waals surface area contributed by atoms with Crippen molar-refractivity contribution in [1.29, 1.82) is 0 Å². The summed E-state index contributed by atoms with van der Waals surface area (Å²) in [5.74, 6) is 0.698. The van der Waals surface area contributed by atoms with Gasteiger partial charge in [-0.25, -0.2) is 9.97 Å². The van der Waals surface area contributed by atoms with Crippen LogP contribution in [0.1, 0.15) is 44.5 Å². The van der Waals surface area contributed by atoms with E-state index in [1.807, 2.05) is 17.8 Å². The molecule has 2 nitrogen and oxygen atoms in total. The molecule has 3 heteroatoms. The van der Waals surface area contributed by atoms with Gasteiger partial charge in [-0.2, -0.15) is 0 Å². The van der Waals surface area contributed by atoms with Crippen molar-refractivity contribution >= 4 is 11.8 Å². The summed E-state index contributed by atoms with van der Waals surface area (Å²) in [6.07, 6.45) is 0. The molecule has 0 saturated carbocycles. The molecule has 0 unspecified atom stereocenters. The Labute approximate surface area is 406 Å². The average Bonchev–Trinajstić information content (AvgIpc) is 3.73. The Hall–Kier alpha value is -8.37. The van der Waals surface area contributed by atoms with Gasteiger partial charge in [0.1, 0.15) is 0 Å². The maximum absolute atomic E-state index is 5.30. The molecule has 69 heavy (non-hydrogen) atoms. The van der Waals surface area contributed by atoms with E-state index in [0.29, 0.717) is 5.82 Å². The zero-order valence-electron chi connectivity index (χ0n) is 37.6. The second kappa shape index (κ2) is 15.6. The Morgan fingerprint density at radius 2 is 0.652 bits per heavy atom. The van der Waals surface area contributed by atoms with E-state index in [1.54, 1.807) is 0 Å². The molecule has 1 aliphatic heterocycles. The topological polar surface area (TPSA) is 25.8 Å². The first-order chi connectivity index (χ1) is 34.2. The second-order valence-electron chi connectivity index (χ2n) is 18.3. The van der Waals surface area contributed by atoms with Crippen LogP contribution in [-0.2, 0) is 10.8 Å². The lowest BCUT2D eigenvalue weighted by atomic mass is 9.51. The van der Waals surface area contributed by atoms with Gasteiger partial charge in [-0.1, -0.05) is 236 Å². The summed E-state index contributed by atoms with van der Waals surface area (Å²) >= 11 is 1.89. The average molecular weight is 895 g/mol. The normalized spacial score (nSPS) is 14.0. The minimum Gasteiger partial charge on any atom is -0.228 e. The lowest BCUT2D eigenvalue weighted by Gasteiger charge is -2.51. The zero-order chi connectivity index (χ0) is 45.5. The van der Waals surface area contributed by atoms with Gasteiger partial charge in [0.25, 0.3) is 0 Å². The highest BCUT2D eigenvalue weighted by Gasteiger charge is 2.58. The molecule has 1 aromatic heterocycles. The molecular weight excluding hydrogens is 853 g/mol. The van der Waals surface area contributed by atoms with E-state index in [4.69, 9.17) is 9.97 Å². The molecule has 0 fully saturated rings. The van der Waals surface area contributed by atoms with Crippen molar-refractivity contribution < 1.29 is 0 Å². The highest BCUT2D eigenvalue weighted by atomic mass is 32.2. The third-order valence-corrected chi connectivity index (χ3v) is 16.0. The van der Waals surface area contributed by atoms with Crippen LogP contribution < -0.4 is 0 Å². The molecule has 0 N–H and O–H groups in total. The van der Waals surface area contributed by atoms with Crippen molar-refractivity contribution in [3.05, 3.63) is 299 Å². The van der Waals surface area contributed by atoms with Gasteiger partial charge in [0.15, 0.2) is 5.82 Å². The highest BCUT2D eigenvalue weighted by molar-refractivity contribution is 7.99. The van der Waals surface area contributed by atoms with Crippen LogP contribution in [0.3, 0.4) is 0 Å². The fourth-order valence-electron chi connectivity index (χ4n) is 12.1. The largest absolute Gasteiger partial charge is 0.228 e. The molecule has 0 bridgehead atoms. The smallest absolute Gasteiger partial charge is 0.160 e. The van der Waals surface area contributed by atoms with Crippen molar-refractivity contribution in [2.75, 3.05) is 0 Å². The van der Waals surface area contributed by atoms with E-state index < -0.39 is 10.8 Å². The summed E-state index contributed by atoms with van der Waals surface area (Å²) in [6.45, 7) is 0.